The van der Waals surface area contributed by atoms with Crippen molar-refractivity contribution >= 4 is 23.2 Å². The van der Waals surface area contributed by atoms with Gasteiger partial charge in [-0.3, -0.25) is 14.4 Å². The van der Waals surface area contributed by atoms with Gasteiger partial charge in [-0.15, -0.1) is 0 Å². The van der Waals surface area contributed by atoms with Crippen LogP contribution in [-0.2, 0) is 0 Å². The zero-order valence-corrected chi connectivity index (χ0v) is 13.5. The van der Waals surface area contributed by atoms with E-state index >= 15 is 0 Å². The van der Waals surface area contributed by atoms with Crippen LogP contribution in [0.5, 0.6) is 0 Å². The number of amides is 1. The van der Waals surface area contributed by atoms with Crippen molar-refractivity contribution in [1.29, 1.82) is 0 Å². The fourth-order valence-corrected chi connectivity index (χ4v) is 2.29. The molecule has 0 saturated carbocycles. The summed E-state index contributed by atoms with van der Waals surface area (Å²) in [6.45, 7) is 1.47. The number of anilines is 1. The van der Waals surface area contributed by atoms with Gasteiger partial charge in [-0.05, 0) is 43.3 Å². The first-order chi connectivity index (χ1) is 12.0. The molecule has 0 atom stereocenters. The van der Waals surface area contributed by atoms with E-state index in [-0.39, 0.29) is 23.1 Å². The smallest absolute Gasteiger partial charge is 0.291 e. The van der Waals surface area contributed by atoms with E-state index in [4.69, 9.17) is 4.42 Å². The number of carbonyl (C=O) groups is 3. The third kappa shape index (κ3) is 3.72. The molecule has 3 rings (SSSR count). The van der Waals surface area contributed by atoms with E-state index < -0.39 is 5.91 Å². The minimum absolute atomic E-state index is 0.0370. The number of carbonyl (C=O) groups excluding carboxylic acids is 3. The van der Waals surface area contributed by atoms with Crippen molar-refractivity contribution in [2.75, 3.05) is 5.32 Å². The summed E-state index contributed by atoms with van der Waals surface area (Å²) < 4.78 is 5.38. The molecule has 0 aliphatic rings. The van der Waals surface area contributed by atoms with Crippen LogP contribution < -0.4 is 5.32 Å². The second kappa shape index (κ2) is 6.97. The molecular formula is C20H15NO4. The summed E-state index contributed by atoms with van der Waals surface area (Å²) >= 11 is 0. The van der Waals surface area contributed by atoms with Gasteiger partial charge in [0.25, 0.3) is 5.91 Å². The molecule has 3 aromatic rings. The molecule has 0 unspecified atom stereocenters. The zero-order valence-electron chi connectivity index (χ0n) is 13.5. The Labute approximate surface area is 144 Å². The predicted octanol–water partition coefficient (Wildman–Crippen LogP) is 3.97. The predicted molar refractivity (Wildman–Crippen MR) is 93.0 cm³/mol. The number of nitrogens with one attached hydrogen (secondary N) is 1. The molecule has 25 heavy (non-hydrogen) atoms. The van der Waals surface area contributed by atoms with Crippen LogP contribution in [0.25, 0.3) is 0 Å². The second-order valence-corrected chi connectivity index (χ2v) is 5.45. The van der Waals surface area contributed by atoms with Crippen molar-refractivity contribution in [3.8, 4) is 0 Å². The lowest BCUT2D eigenvalue weighted by atomic mass is 10.1. The van der Waals surface area contributed by atoms with Crippen LogP contribution in [0, 0.1) is 0 Å². The minimum atomic E-state index is -0.470. The van der Waals surface area contributed by atoms with Gasteiger partial charge in [-0.25, -0.2) is 0 Å². The topological polar surface area (TPSA) is 76.4 Å². The lowest BCUT2D eigenvalue weighted by Crippen LogP contribution is -2.11. The summed E-state index contributed by atoms with van der Waals surface area (Å²) in [5.41, 5.74) is 1.58. The summed E-state index contributed by atoms with van der Waals surface area (Å²) in [5.74, 6) is -0.667. The molecule has 0 aliphatic heterocycles. The van der Waals surface area contributed by atoms with E-state index in [1.807, 2.05) is 6.07 Å². The Morgan fingerprint density at radius 3 is 2.04 bits per heavy atom. The van der Waals surface area contributed by atoms with Crippen LogP contribution in [0.3, 0.4) is 0 Å². The number of benzene rings is 2. The van der Waals surface area contributed by atoms with Crippen LogP contribution in [0.2, 0.25) is 0 Å². The molecule has 0 fully saturated rings. The Morgan fingerprint density at radius 2 is 1.40 bits per heavy atom. The molecule has 5 nitrogen and oxygen atoms in total. The molecule has 2 aromatic carbocycles. The quantitative estimate of drug-likeness (QED) is 0.717. The van der Waals surface area contributed by atoms with Crippen LogP contribution in [-0.4, -0.2) is 17.5 Å². The van der Waals surface area contributed by atoms with E-state index in [0.29, 0.717) is 16.8 Å². The lowest BCUT2D eigenvalue weighted by Gasteiger charge is -2.04. The highest BCUT2D eigenvalue weighted by molar-refractivity contribution is 6.08. The summed E-state index contributed by atoms with van der Waals surface area (Å²) in [5, 5.41) is 2.66. The fraction of sp³-hybridized carbons (Fsp3) is 0.0500. The molecule has 0 bridgehead atoms. The van der Waals surface area contributed by atoms with Crippen LogP contribution >= 0.6 is 0 Å². The van der Waals surface area contributed by atoms with Crippen molar-refractivity contribution in [3.05, 3.63) is 89.4 Å². The van der Waals surface area contributed by atoms with E-state index in [1.165, 1.54) is 19.1 Å². The molecule has 1 amide bonds. The molecule has 0 radical (unpaired) electrons. The van der Waals surface area contributed by atoms with Gasteiger partial charge in [-0.1, -0.05) is 30.3 Å². The number of furan rings is 1. The molecule has 0 saturated heterocycles. The number of ketones is 2. The van der Waals surface area contributed by atoms with Gasteiger partial charge in [0, 0.05) is 16.8 Å². The van der Waals surface area contributed by atoms with Crippen molar-refractivity contribution in [1.82, 2.24) is 0 Å². The first kappa shape index (κ1) is 16.4. The summed E-state index contributed by atoms with van der Waals surface area (Å²) in [6.07, 6.45) is 0. The van der Waals surface area contributed by atoms with Crippen LogP contribution in [0.4, 0.5) is 5.69 Å². The monoisotopic (exact) mass is 333 g/mol. The average molecular weight is 333 g/mol. The Balaban J connectivity index is 1.72. The van der Waals surface area contributed by atoms with Gasteiger partial charge in [-0.2, -0.15) is 0 Å². The number of hydrogen-bond donors (Lipinski definition) is 1. The van der Waals surface area contributed by atoms with Gasteiger partial charge >= 0.3 is 0 Å². The maximum Gasteiger partial charge on any atom is 0.291 e. The summed E-state index contributed by atoms with van der Waals surface area (Å²) in [6, 6.07) is 18.1. The Hall–Kier alpha value is -3.47. The van der Waals surface area contributed by atoms with E-state index in [9.17, 15) is 14.4 Å². The normalized spacial score (nSPS) is 10.3. The Bertz CT molecular complexity index is 924. The Kier molecular flexibility index (Phi) is 4.57. The van der Waals surface area contributed by atoms with E-state index in [2.05, 4.69) is 5.32 Å². The molecular weight excluding hydrogens is 318 g/mol. The molecule has 0 spiro atoms. The van der Waals surface area contributed by atoms with Crippen LogP contribution in [0.15, 0.2) is 71.1 Å². The third-order valence-corrected chi connectivity index (χ3v) is 3.64. The second-order valence-electron chi connectivity index (χ2n) is 5.45. The Morgan fingerprint density at radius 1 is 0.760 bits per heavy atom. The molecule has 1 heterocycles. The maximum absolute atomic E-state index is 12.3. The first-order valence-electron chi connectivity index (χ1n) is 7.66. The number of Topliss-reactive ketones (excluding diaryl/α,β-unsaturated/α-hetero) is 1. The highest BCUT2D eigenvalue weighted by Crippen LogP contribution is 2.16. The zero-order chi connectivity index (χ0) is 17.8. The SMILES string of the molecule is CC(=O)c1ccc(NC(=O)c2ccc(C(=O)c3ccccc3)o2)cc1. The highest BCUT2D eigenvalue weighted by atomic mass is 16.4. The van der Waals surface area contributed by atoms with Crippen molar-refractivity contribution in [2.45, 2.75) is 6.92 Å². The first-order valence-corrected chi connectivity index (χ1v) is 7.66. The van der Waals surface area contributed by atoms with Gasteiger partial charge in [0.15, 0.2) is 17.3 Å². The van der Waals surface area contributed by atoms with Crippen LogP contribution in [0.1, 0.15) is 44.0 Å². The number of hydrogen-bond acceptors (Lipinski definition) is 4. The van der Waals surface area contributed by atoms with Gasteiger partial charge in [0.05, 0.1) is 0 Å². The average Bonchev–Trinajstić information content (AvgIpc) is 3.12. The van der Waals surface area contributed by atoms with E-state index in [0.717, 1.165) is 0 Å². The van der Waals surface area contributed by atoms with E-state index in [1.54, 1.807) is 48.5 Å². The summed E-state index contributed by atoms with van der Waals surface area (Å²) in [7, 11) is 0. The number of rotatable bonds is 5. The lowest BCUT2D eigenvalue weighted by molar-refractivity contribution is 0.0977. The minimum Gasteiger partial charge on any atom is -0.447 e. The van der Waals surface area contributed by atoms with Gasteiger partial charge < -0.3 is 9.73 Å². The molecule has 5 heteroatoms. The van der Waals surface area contributed by atoms with Crippen molar-refractivity contribution in [2.24, 2.45) is 0 Å². The van der Waals surface area contributed by atoms with Crippen molar-refractivity contribution in [3.63, 3.8) is 0 Å². The maximum atomic E-state index is 12.3. The molecule has 1 aromatic heterocycles. The van der Waals surface area contributed by atoms with Gasteiger partial charge in [0.1, 0.15) is 0 Å². The largest absolute Gasteiger partial charge is 0.447 e. The van der Waals surface area contributed by atoms with Gasteiger partial charge in [0.2, 0.25) is 5.78 Å². The summed E-state index contributed by atoms with van der Waals surface area (Å²) in [4.78, 5) is 35.8. The molecule has 1 N–H and O–H groups in total. The molecule has 124 valence electrons. The standard InChI is InChI=1S/C20H15NO4/c1-13(22)14-7-9-16(10-8-14)21-20(24)18-12-11-17(25-18)19(23)15-5-3-2-4-6-15/h2-12H,1H3,(H,21,24). The molecule has 0 aliphatic carbocycles. The fourth-order valence-electron chi connectivity index (χ4n) is 2.29. The third-order valence-electron chi connectivity index (χ3n) is 3.64. The highest BCUT2D eigenvalue weighted by Gasteiger charge is 2.17. The van der Waals surface area contributed by atoms with Crippen molar-refractivity contribution < 1.29 is 18.8 Å².